The zero-order chi connectivity index (χ0) is 28.4. The fraction of sp³-hybridized carbons (Fsp3) is 0.387. The van der Waals surface area contributed by atoms with Crippen molar-refractivity contribution < 1.29 is 33.4 Å². The van der Waals surface area contributed by atoms with Crippen molar-refractivity contribution in [2.45, 2.75) is 32.7 Å². The van der Waals surface area contributed by atoms with Crippen LogP contribution >= 0.6 is 0 Å². The predicted octanol–water partition coefficient (Wildman–Crippen LogP) is 3.40. The maximum Gasteiger partial charge on any atom is 0.338 e. The number of ether oxygens (including phenoxy) is 2. The number of rotatable bonds is 10. The number of anilines is 1. The van der Waals surface area contributed by atoms with E-state index in [1.165, 1.54) is 12.1 Å². The number of benzene rings is 2. The number of likely N-dealkylation sites (tertiary alicyclic amines) is 1. The first-order valence-electron chi connectivity index (χ1n) is 13.6. The molecule has 0 spiro atoms. The first kappa shape index (κ1) is 27.3. The Balaban J connectivity index is 1.22. The van der Waals surface area contributed by atoms with E-state index in [2.05, 4.69) is 5.32 Å². The number of hydrogen-bond donors (Lipinski definition) is 1. The number of fused-ring (bicyclic) bond motifs is 5. The topological polar surface area (TPSA) is 119 Å². The highest BCUT2D eigenvalue weighted by atomic mass is 16.5. The summed E-state index contributed by atoms with van der Waals surface area (Å²) in [6.07, 6.45) is 4.87. The minimum Gasteiger partial charge on any atom is -0.462 e. The van der Waals surface area contributed by atoms with E-state index in [1.54, 1.807) is 12.1 Å². The van der Waals surface area contributed by atoms with Crippen LogP contribution in [-0.2, 0) is 35.1 Å². The van der Waals surface area contributed by atoms with E-state index in [4.69, 9.17) is 9.47 Å². The van der Waals surface area contributed by atoms with Crippen molar-refractivity contribution in [1.29, 1.82) is 0 Å². The predicted molar refractivity (Wildman–Crippen MR) is 145 cm³/mol. The van der Waals surface area contributed by atoms with Crippen LogP contribution in [-0.4, -0.2) is 53.8 Å². The largest absolute Gasteiger partial charge is 0.462 e. The molecule has 0 radical (unpaired) electrons. The molecule has 2 aliphatic carbocycles. The molecule has 3 amide bonds. The number of imide groups is 1. The lowest BCUT2D eigenvalue weighted by molar-refractivity contribution is -0.160. The zero-order valence-electron chi connectivity index (χ0n) is 22.4. The molecule has 2 bridgehead atoms. The third kappa shape index (κ3) is 5.54. The second-order valence-corrected chi connectivity index (χ2v) is 11.0. The summed E-state index contributed by atoms with van der Waals surface area (Å²) in [5.74, 6) is -3.20. The van der Waals surface area contributed by atoms with Gasteiger partial charge in [0.05, 0.1) is 24.0 Å². The van der Waals surface area contributed by atoms with Crippen LogP contribution in [0.25, 0.3) is 0 Å². The van der Waals surface area contributed by atoms with Gasteiger partial charge in [0.2, 0.25) is 11.8 Å². The Labute approximate surface area is 232 Å². The van der Waals surface area contributed by atoms with Crippen LogP contribution in [0.5, 0.6) is 0 Å². The van der Waals surface area contributed by atoms with E-state index < -0.39 is 42.3 Å². The van der Waals surface area contributed by atoms with Crippen LogP contribution in [0.4, 0.5) is 5.69 Å². The van der Waals surface area contributed by atoms with Gasteiger partial charge in [0.1, 0.15) is 6.04 Å². The van der Waals surface area contributed by atoms with Crippen molar-refractivity contribution in [2.24, 2.45) is 29.6 Å². The second kappa shape index (κ2) is 11.5. The van der Waals surface area contributed by atoms with Gasteiger partial charge in [-0.2, -0.15) is 0 Å². The molecule has 208 valence electrons. The van der Waals surface area contributed by atoms with E-state index >= 15 is 0 Å². The summed E-state index contributed by atoms with van der Waals surface area (Å²) in [6, 6.07) is 14.1. The summed E-state index contributed by atoms with van der Waals surface area (Å²) in [7, 11) is 0. The van der Waals surface area contributed by atoms with E-state index in [9.17, 15) is 24.0 Å². The van der Waals surface area contributed by atoms with Crippen LogP contribution in [0.2, 0.25) is 0 Å². The normalized spacial score (nSPS) is 23.3. The van der Waals surface area contributed by atoms with Crippen LogP contribution < -0.4 is 5.32 Å². The monoisotopic (exact) mass is 544 g/mol. The van der Waals surface area contributed by atoms with Crippen molar-refractivity contribution in [3.05, 3.63) is 77.9 Å². The molecule has 9 heteroatoms. The number of amides is 3. The minimum atomic E-state index is -1.17. The van der Waals surface area contributed by atoms with E-state index in [0.29, 0.717) is 17.9 Å². The molecule has 0 aromatic heterocycles. The van der Waals surface area contributed by atoms with Gasteiger partial charge in [0.25, 0.3) is 5.91 Å². The van der Waals surface area contributed by atoms with Crippen molar-refractivity contribution >= 4 is 35.3 Å². The highest BCUT2D eigenvalue weighted by Crippen LogP contribution is 2.53. The molecule has 1 saturated heterocycles. The molecule has 2 fully saturated rings. The number of nitrogens with zero attached hydrogens (tertiary/aromatic N) is 1. The summed E-state index contributed by atoms with van der Waals surface area (Å²) in [5, 5.41) is 2.62. The molecule has 1 heterocycles. The molecule has 5 rings (SSSR count). The first-order chi connectivity index (χ1) is 19.2. The number of carbonyl (C=O) groups is 5. The SMILES string of the molecule is CC(C)COC(=O)c1ccc(NC(=O)COC(=O)[C@H](Cc2ccccc2)N2C(=O)[C@@H]3[C@H](C2=O)[C@H]2C=C[C@H]3C2)cc1. The standard InChI is InChI=1S/C31H32N2O7/c1-18(2)16-39-30(37)20-10-12-23(13-11-20)32-25(34)17-40-31(38)24(14-19-6-4-3-5-7-19)33-28(35)26-21-8-9-22(15-21)27(26)29(33)36/h3-13,18,21-22,24,26-27H,14-17H2,1-2H3,(H,32,34)/t21-,22-,24-,26-,27+/m0/s1. The Morgan fingerprint density at radius 3 is 2.12 bits per heavy atom. The average Bonchev–Trinajstić information content (AvgIpc) is 3.64. The van der Waals surface area contributed by atoms with Gasteiger partial charge in [-0.3, -0.25) is 19.3 Å². The van der Waals surface area contributed by atoms with Crippen LogP contribution in [0.15, 0.2) is 66.7 Å². The number of carbonyl (C=O) groups excluding carboxylic acids is 5. The lowest BCUT2D eigenvalue weighted by Crippen LogP contribution is -2.48. The third-order valence-electron chi connectivity index (χ3n) is 7.66. The van der Waals surface area contributed by atoms with Crippen molar-refractivity contribution in [1.82, 2.24) is 4.90 Å². The van der Waals surface area contributed by atoms with Crippen molar-refractivity contribution in [3.8, 4) is 0 Å². The molecular weight excluding hydrogens is 512 g/mol. The highest BCUT2D eigenvalue weighted by Gasteiger charge is 2.61. The summed E-state index contributed by atoms with van der Waals surface area (Å²) in [6.45, 7) is 3.59. The Kier molecular flexibility index (Phi) is 7.82. The molecule has 9 nitrogen and oxygen atoms in total. The van der Waals surface area contributed by atoms with Crippen LogP contribution in [0.1, 0.15) is 36.2 Å². The lowest BCUT2D eigenvalue weighted by Gasteiger charge is -2.26. The number of hydrogen-bond acceptors (Lipinski definition) is 7. The molecule has 2 aromatic rings. The van der Waals surface area contributed by atoms with Gasteiger partial charge < -0.3 is 14.8 Å². The van der Waals surface area contributed by atoms with E-state index in [-0.39, 0.29) is 36.0 Å². The maximum atomic E-state index is 13.4. The molecule has 2 aromatic carbocycles. The van der Waals surface area contributed by atoms with Gasteiger partial charge in [-0.15, -0.1) is 0 Å². The minimum absolute atomic E-state index is 0.0130. The Bertz CT molecular complexity index is 1310. The molecule has 1 saturated carbocycles. The van der Waals surface area contributed by atoms with Gasteiger partial charge in [-0.05, 0) is 54.0 Å². The first-order valence-corrected chi connectivity index (χ1v) is 13.6. The smallest absolute Gasteiger partial charge is 0.338 e. The number of nitrogens with one attached hydrogen (secondary N) is 1. The molecule has 0 unspecified atom stereocenters. The molecule has 5 atom stereocenters. The summed E-state index contributed by atoms with van der Waals surface area (Å²) in [5.41, 5.74) is 1.52. The third-order valence-corrected chi connectivity index (χ3v) is 7.66. The van der Waals surface area contributed by atoms with E-state index in [0.717, 1.165) is 16.9 Å². The Morgan fingerprint density at radius 2 is 1.52 bits per heavy atom. The van der Waals surface area contributed by atoms with Gasteiger partial charge in [0, 0.05) is 12.1 Å². The molecule has 40 heavy (non-hydrogen) atoms. The molecule has 1 N–H and O–H groups in total. The summed E-state index contributed by atoms with van der Waals surface area (Å²) in [4.78, 5) is 65.8. The van der Waals surface area contributed by atoms with E-state index in [1.807, 2.05) is 56.3 Å². The molecular formula is C31H32N2O7. The number of esters is 2. The maximum absolute atomic E-state index is 13.4. The molecule has 3 aliphatic rings. The fourth-order valence-corrected chi connectivity index (χ4v) is 5.80. The van der Waals surface area contributed by atoms with Gasteiger partial charge in [0.15, 0.2) is 6.61 Å². The fourth-order valence-electron chi connectivity index (χ4n) is 5.80. The second-order valence-electron chi connectivity index (χ2n) is 11.0. The lowest BCUT2D eigenvalue weighted by atomic mass is 9.85. The Hall–Kier alpha value is -4.27. The van der Waals surface area contributed by atoms with Crippen LogP contribution in [0.3, 0.4) is 0 Å². The van der Waals surface area contributed by atoms with Crippen molar-refractivity contribution in [2.75, 3.05) is 18.5 Å². The highest BCUT2D eigenvalue weighted by molar-refractivity contribution is 6.09. The zero-order valence-corrected chi connectivity index (χ0v) is 22.4. The van der Waals surface area contributed by atoms with Crippen LogP contribution in [0, 0.1) is 29.6 Å². The summed E-state index contributed by atoms with van der Waals surface area (Å²) < 4.78 is 10.5. The van der Waals surface area contributed by atoms with Gasteiger partial charge >= 0.3 is 11.9 Å². The quantitative estimate of drug-likeness (QED) is 0.277. The van der Waals surface area contributed by atoms with Crippen molar-refractivity contribution in [3.63, 3.8) is 0 Å². The van der Waals surface area contributed by atoms with Gasteiger partial charge in [-0.1, -0.05) is 56.3 Å². The summed E-state index contributed by atoms with van der Waals surface area (Å²) >= 11 is 0. The Morgan fingerprint density at radius 1 is 0.900 bits per heavy atom. The average molecular weight is 545 g/mol. The molecule has 1 aliphatic heterocycles. The number of allylic oxidation sites excluding steroid dienone is 2. The van der Waals surface area contributed by atoms with Gasteiger partial charge in [-0.25, -0.2) is 9.59 Å².